The van der Waals surface area contributed by atoms with Gasteiger partial charge in [0.25, 0.3) is 5.91 Å². The first-order valence-electron chi connectivity index (χ1n) is 12.6. The molecule has 2 saturated heterocycles. The molecule has 10 nitrogen and oxygen atoms in total. The lowest BCUT2D eigenvalue weighted by molar-refractivity contribution is -0.136. The molecule has 0 radical (unpaired) electrons. The lowest BCUT2D eigenvalue weighted by atomic mass is 10.1. The van der Waals surface area contributed by atoms with Crippen molar-refractivity contribution in [1.29, 1.82) is 0 Å². The van der Waals surface area contributed by atoms with Crippen LogP contribution >= 0.6 is 11.3 Å². The highest BCUT2D eigenvalue weighted by Gasteiger charge is 2.41. The van der Waals surface area contributed by atoms with Gasteiger partial charge in [0.05, 0.1) is 34.4 Å². The van der Waals surface area contributed by atoms with Crippen LogP contribution in [0.4, 0.5) is 27.2 Å². The van der Waals surface area contributed by atoms with E-state index in [4.69, 9.17) is 14.2 Å². The molecule has 0 aromatic carbocycles. The van der Waals surface area contributed by atoms with Gasteiger partial charge < -0.3 is 29.3 Å². The molecule has 2 aromatic rings. The van der Waals surface area contributed by atoms with E-state index in [2.05, 4.69) is 10.3 Å². The fourth-order valence-corrected chi connectivity index (χ4v) is 5.43. The molecule has 4 heterocycles. The van der Waals surface area contributed by atoms with E-state index in [1.807, 2.05) is 0 Å². The number of pyridine rings is 1. The number of carbonyl (C=O) groups excluding carboxylic acids is 3. The first kappa shape index (κ1) is 29.6. The monoisotopic (exact) mass is 590 g/mol. The molecule has 2 aliphatic rings. The van der Waals surface area contributed by atoms with E-state index in [0.717, 1.165) is 22.3 Å². The summed E-state index contributed by atoms with van der Waals surface area (Å²) in [6.07, 6.45) is -8.90. The van der Waals surface area contributed by atoms with Crippen LogP contribution in [0, 0.1) is 0 Å². The molecule has 0 saturated carbocycles. The number of ether oxygens (including phenoxy) is 3. The zero-order chi connectivity index (χ0) is 29.4. The summed E-state index contributed by atoms with van der Waals surface area (Å²) in [5.41, 5.74) is -1.80. The molecule has 2 aromatic heterocycles. The maximum Gasteiger partial charge on any atom is 0.418 e. The molecule has 2 aliphatic heterocycles. The number of carbonyl (C=O) groups is 3. The van der Waals surface area contributed by atoms with Crippen LogP contribution in [0.1, 0.15) is 49.5 Å². The SMILES string of the molecule is CNC(=O)c1csc2c(C(F)(F)F)cc(OC3CCN(C(=O)OC4CN(C(=O)OC(C)(C)C)CC4F)CC3)nc12. The van der Waals surface area contributed by atoms with Gasteiger partial charge in [-0.05, 0) is 20.8 Å². The van der Waals surface area contributed by atoms with Crippen molar-refractivity contribution in [2.24, 2.45) is 0 Å². The lowest BCUT2D eigenvalue weighted by Gasteiger charge is -2.32. The van der Waals surface area contributed by atoms with E-state index >= 15 is 0 Å². The molecule has 2 unspecified atom stereocenters. The van der Waals surface area contributed by atoms with Crippen LogP contribution in [0.3, 0.4) is 0 Å². The highest BCUT2D eigenvalue weighted by atomic mass is 32.1. The molecule has 2 atom stereocenters. The topological polar surface area (TPSA) is 110 Å². The smallest absolute Gasteiger partial charge is 0.418 e. The Labute approximate surface area is 231 Å². The number of aromatic nitrogens is 1. The number of nitrogens with one attached hydrogen (secondary N) is 1. The maximum atomic E-state index is 14.5. The third-order valence-electron chi connectivity index (χ3n) is 6.37. The van der Waals surface area contributed by atoms with Crippen LogP contribution in [0.2, 0.25) is 0 Å². The number of nitrogens with zero attached hydrogens (tertiary/aromatic N) is 3. The summed E-state index contributed by atoms with van der Waals surface area (Å²) in [5, 5.41) is 3.70. The normalized spacial score (nSPS) is 20.5. The van der Waals surface area contributed by atoms with Crippen molar-refractivity contribution in [3.05, 3.63) is 22.6 Å². The molecule has 3 amide bonds. The molecule has 4 rings (SSSR count). The molecule has 0 bridgehead atoms. The molecular formula is C25H30F4N4O6S. The predicted octanol–water partition coefficient (Wildman–Crippen LogP) is 4.61. The number of likely N-dealkylation sites (tertiary alicyclic amines) is 2. The molecule has 2 fully saturated rings. The Morgan fingerprint density at radius 1 is 1.07 bits per heavy atom. The molecule has 0 aliphatic carbocycles. The standard InChI is InChI=1S/C25H30F4N4O6S/c1-24(2,3)39-23(36)33-10-16(26)17(11-33)38-22(35)32-7-5-13(6-8-32)37-18-9-15(25(27,28)29)20-19(31-18)14(12-40-20)21(34)30-4/h9,12-13,16-17H,5-8,10-11H2,1-4H3,(H,30,34). The molecule has 40 heavy (non-hydrogen) atoms. The fourth-order valence-electron chi connectivity index (χ4n) is 4.40. The summed E-state index contributed by atoms with van der Waals surface area (Å²) in [6.45, 7) is 4.97. The Morgan fingerprint density at radius 3 is 2.35 bits per heavy atom. The molecule has 0 spiro atoms. The summed E-state index contributed by atoms with van der Waals surface area (Å²) in [7, 11) is 1.37. The van der Waals surface area contributed by atoms with E-state index in [0.29, 0.717) is 0 Å². The number of thiophene rings is 1. The van der Waals surface area contributed by atoms with Crippen molar-refractivity contribution in [3.63, 3.8) is 0 Å². The van der Waals surface area contributed by atoms with Gasteiger partial charge in [-0.1, -0.05) is 0 Å². The van der Waals surface area contributed by atoms with Crippen molar-refractivity contribution in [2.75, 3.05) is 33.2 Å². The van der Waals surface area contributed by atoms with Gasteiger partial charge in [0.2, 0.25) is 5.88 Å². The largest absolute Gasteiger partial charge is 0.474 e. The van der Waals surface area contributed by atoms with E-state index in [1.54, 1.807) is 20.8 Å². The number of fused-ring (bicyclic) bond motifs is 1. The van der Waals surface area contributed by atoms with Crippen LogP contribution in [0.5, 0.6) is 5.88 Å². The number of piperidine rings is 1. The summed E-state index contributed by atoms with van der Waals surface area (Å²) in [6, 6.07) is 0.811. The van der Waals surface area contributed by atoms with Crippen molar-refractivity contribution in [3.8, 4) is 5.88 Å². The number of alkyl halides is 4. The number of rotatable bonds is 4. The lowest BCUT2D eigenvalue weighted by Crippen LogP contribution is -2.44. The third-order valence-corrected chi connectivity index (χ3v) is 7.37. The van der Waals surface area contributed by atoms with Crippen LogP contribution < -0.4 is 10.1 Å². The molecule has 1 N–H and O–H groups in total. The molecule has 220 valence electrons. The summed E-state index contributed by atoms with van der Waals surface area (Å²) in [5.74, 6) is -0.847. The highest BCUT2D eigenvalue weighted by Crippen LogP contribution is 2.40. The zero-order valence-corrected chi connectivity index (χ0v) is 23.2. The van der Waals surface area contributed by atoms with E-state index < -0.39 is 53.8 Å². The maximum absolute atomic E-state index is 14.5. The Kier molecular flexibility index (Phi) is 8.33. The van der Waals surface area contributed by atoms with Crippen LogP contribution in [-0.2, 0) is 15.7 Å². The van der Waals surface area contributed by atoms with Gasteiger partial charge in [0, 0.05) is 44.4 Å². The van der Waals surface area contributed by atoms with E-state index in [9.17, 15) is 31.9 Å². The van der Waals surface area contributed by atoms with Gasteiger partial charge in [-0.2, -0.15) is 13.2 Å². The average molecular weight is 591 g/mol. The van der Waals surface area contributed by atoms with Crippen molar-refractivity contribution >= 4 is 39.6 Å². The number of halogens is 4. The Balaban J connectivity index is 1.36. The quantitative estimate of drug-likeness (QED) is 0.518. The zero-order valence-electron chi connectivity index (χ0n) is 22.3. The van der Waals surface area contributed by atoms with Crippen LogP contribution in [-0.4, -0.2) is 90.1 Å². The minimum absolute atomic E-state index is 0.0133. The second-order valence-electron chi connectivity index (χ2n) is 10.5. The highest BCUT2D eigenvalue weighted by molar-refractivity contribution is 7.17. The van der Waals surface area contributed by atoms with E-state index in [1.165, 1.54) is 17.3 Å². The minimum Gasteiger partial charge on any atom is -0.474 e. The second kappa shape index (κ2) is 11.3. The molecule has 15 heteroatoms. The van der Waals surface area contributed by atoms with Crippen molar-refractivity contribution in [2.45, 2.75) is 63.8 Å². The summed E-state index contributed by atoms with van der Waals surface area (Å²) in [4.78, 5) is 43.7. The fraction of sp³-hybridized carbons (Fsp3) is 0.600. The van der Waals surface area contributed by atoms with E-state index in [-0.39, 0.29) is 60.7 Å². The summed E-state index contributed by atoms with van der Waals surface area (Å²) < 4.78 is 71.9. The Morgan fingerprint density at radius 2 is 1.75 bits per heavy atom. The number of hydrogen-bond acceptors (Lipinski definition) is 8. The van der Waals surface area contributed by atoms with Crippen LogP contribution in [0.25, 0.3) is 10.2 Å². The van der Waals surface area contributed by atoms with Crippen molar-refractivity contribution in [1.82, 2.24) is 20.1 Å². The van der Waals surface area contributed by atoms with Crippen LogP contribution in [0.15, 0.2) is 11.4 Å². The van der Waals surface area contributed by atoms with Gasteiger partial charge in [-0.25, -0.2) is 19.0 Å². The first-order valence-corrected chi connectivity index (χ1v) is 13.5. The molecular weight excluding hydrogens is 560 g/mol. The van der Waals surface area contributed by atoms with Gasteiger partial charge in [0.15, 0.2) is 12.3 Å². The third kappa shape index (κ3) is 6.67. The average Bonchev–Trinajstić information content (AvgIpc) is 3.45. The predicted molar refractivity (Wildman–Crippen MR) is 136 cm³/mol. The van der Waals surface area contributed by atoms with Gasteiger partial charge in [-0.15, -0.1) is 11.3 Å². The number of hydrogen-bond donors (Lipinski definition) is 1. The first-order chi connectivity index (χ1) is 18.7. The van der Waals surface area contributed by atoms with Gasteiger partial charge in [0.1, 0.15) is 11.7 Å². The Bertz CT molecular complexity index is 1270. The number of amides is 3. The Hall–Kier alpha value is -3.36. The minimum atomic E-state index is -4.69. The summed E-state index contributed by atoms with van der Waals surface area (Å²) >= 11 is 0.774. The van der Waals surface area contributed by atoms with Crippen molar-refractivity contribution < 1.29 is 46.2 Å². The van der Waals surface area contributed by atoms with Gasteiger partial charge in [-0.3, -0.25) is 4.79 Å². The second-order valence-corrected chi connectivity index (χ2v) is 11.4. The van der Waals surface area contributed by atoms with Gasteiger partial charge >= 0.3 is 18.4 Å².